The van der Waals surface area contributed by atoms with Crippen LogP contribution in [0.2, 0.25) is 0 Å². The van der Waals surface area contributed by atoms with Crippen molar-refractivity contribution in [3.8, 4) is 0 Å². The van der Waals surface area contributed by atoms with Crippen LogP contribution < -0.4 is 10.9 Å². The van der Waals surface area contributed by atoms with E-state index in [1.807, 2.05) is 24.3 Å². The minimum atomic E-state index is -0.158. The van der Waals surface area contributed by atoms with E-state index in [-0.39, 0.29) is 5.91 Å². The Bertz CT molecular complexity index is 678. The molecule has 0 heterocycles. The monoisotopic (exact) mass is 354 g/mol. The quantitative estimate of drug-likeness (QED) is 0.751. The molecule has 5 nitrogen and oxygen atoms in total. The van der Waals surface area contributed by atoms with Crippen LogP contribution in [-0.4, -0.2) is 17.3 Å². The fourth-order valence-electron chi connectivity index (χ4n) is 3.76. The number of anilines is 1. The minimum absolute atomic E-state index is 0.158. The van der Waals surface area contributed by atoms with Gasteiger partial charge in [-0.1, -0.05) is 13.8 Å². The second-order valence-corrected chi connectivity index (χ2v) is 7.89. The van der Waals surface area contributed by atoms with Gasteiger partial charge in [-0.3, -0.25) is 10.2 Å². The van der Waals surface area contributed by atoms with Crippen molar-refractivity contribution >= 4 is 23.0 Å². The predicted octanol–water partition coefficient (Wildman–Crippen LogP) is 4.96. The van der Waals surface area contributed by atoms with E-state index in [4.69, 9.17) is 0 Å². The third kappa shape index (κ3) is 5.41. The molecule has 2 saturated carbocycles. The molecule has 140 valence electrons. The lowest BCUT2D eigenvalue weighted by molar-refractivity contribution is 0.0954. The van der Waals surface area contributed by atoms with Crippen LogP contribution in [-0.2, 0) is 0 Å². The maximum atomic E-state index is 12.3. The second-order valence-electron chi connectivity index (χ2n) is 7.89. The third-order valence-corrected chi connectivity index (χ3v) is 5.30. The van der Waals surface area contributed by atoms with Crippen molar-refractivity contribution in [2.75, 3.05) is 5.43 Å². The first kappa shape index (κ1) is 18.6. The molecule has 3 rings (SSSR count). The van der Waals surface area contributed by atoms with Gasteiger partial charge in [0.2, 0.25) is 0 Å². The van der Waals surface area contributed by atoms with Crippen molar-refractivity contribution in [2.24, 2.45) is 22.0 Å². The fourth-order valence-corrected chi connectivity index (χ4v) is 3.76. The molecule has 0 saturated heterocycles. The zero-order valence-electron chi connectivity index (χ0n) is 15.9. The van der Waals surface area contributed by atoms with Gasteiger partial charge in [0.25, 0.3) is 5.91 Å². The number of nitrogens with one attached hydrogen (secondary N) is 2. The highest BCUT2D eigenvalue weighted by atomic mass is 16.2. The molecule has 2 aliphatic rings. The Morgan fingerprint density at radius 3 is 2.08 bits per heavy atom. The first-order chi connectivity index (χ1) is 12.6. The summed E-state index contributed by atoms with van der Waals surface area (Å²) in [6.45, 7) is 4.51. The van der Waals surface area contributed by atoms with Crippen LogP contribution in [0, 0.1) is 11.8 Å². The average Bonchev–Trinajstić information content (AvgIpc) is 2.65. The lowest BCUT2D eigenvalue weighted by Gasteiger charge is -2.19. The van der Waals surface area contributed by atoms with Crippen LogP contribution in [0.4, 0.5) is 5.69 Å². The minimum Gasteiger partial charge on any atom is -0.279 e. The van der Waals surface area contributed by atoms with Gasteiger partial charge in [0.1, 0.15) is 0 Å². The van der Waals surface area contributed by atoms with E-state index >= 15 is 0 Å². The van der Waals surface area contributed by atoms with E-state index in [9.17, 15) is 4.79 Å². The molecule has 0 unspecified atom stereocenters. The predicted molar refractivity (Wildman–Crippen MR) is 108 cm³/mol. The second kappa shape index (κ2) is 8.97. The number of hydrogen-bond acceptors (Lipinski definition) is 4. The smallest absolute Gasteiger partial charge is 0.271 e. The number of nitrogens with zero attached hydrogens (tertiary/aromatic N) is 2. The van der Waals surface area contributed by atoms with Crippen molar-refractivity contribution in [1.29, 1.82) is 0 Å². The Balaban J connectivity index is 1.52. The highest BCUT2D eigenvalue weighted by Crippen LogP contribution is 2.22. The first-order valence-corrected chi connectivity index (χ1v) is 9.87. The summed E-state index contributed by atoms with van der Waals surface area (Å²) in [7, 11) is 0. The van der Waals surface area contributed by atoms with Crippen molar-refractivity contribution in [1.82, 2.24) is 5.43 Å². The molecule has 1 aromatic carbocycles. The van der Waals surface area contributed by atoms with Gasteiger partial charge in [0.05, 0.1) is 5.69 Å². The maximum absolute atomic E-state index is 12.3. The Hall–Kier alpha value is -2.17. The number of carbonyl (C=O) groups is 1. The molecule has 26 heavy (non-hydrogen) atoms. The normalized spacial score (nSPS) is 26.7. The van der Waals surface area contributed by atoms with Gasteiger partial charge in [-0.2, -0.15) is 10.2 Å². The molecule has 0 aromatic heterocycles. The Kier molecular flexibility index (Phi) is 6.42. The highest BCUT2D eigenvalue weighted by molar-refractivity contribution is 5.96. The molecule has 0 aliphatic heterocycles. The Labute approximate surface area is 156 Å². The maximum Gasteiger partial charge on any atom is 0.271 e. The van der Waals surface area contributed by atoms with Crippen LogP contribution >= 0.6 is 0 Å². The molecule has 0 bridgehead atoms. The molecule has 2 atom stereocenters. The summed E-state index contributed by atoms with van der Waals surface area (Å²) < 4.78 is 0. The number of amides is 1. The van der Waals surface area contributed by atoms with Crippen molar-refractivity contribution in [3.05, 3.63) is 29.8 Å². The van der Waals surface area contributed by atoms with Gasteiger partial charge in [-0.05, 0) is 87.5 Å². The Morgan fingerprint density at radius 1 is 0.923 bits per heavy atom. The number of hydrogen-bond donors (Lipinski definition) is 2. The van der Waals surface area contributed by atoms with Gasteiger partial charge in [-0.15, -0.1) is 0 Å². The van der Waals surface area contributed by atoms with Crippen LogP contribution in [0.1, 0.15) is 75.6 Å². The number of carbonyl (C=O) groups excluding carboxylic acids is 1. The molecule has 0 radical (unpaired) electrons. The van der Waals surface area contributed by atoms with E-state index < -0.39 is 0 Å². The van der Waals surface area contributed by atoms with Gasteiger partial charge in [-0.25, -0.2) is 5.43 Å². The lowest BCUT2D eigenvalue weighted by Crippen LogP contribution is -2.22. The molecule has 2 aliphatic carbocycles. The summed E-state index contributed by atoms with van der Waals surface area (Å²) in [5.41, 5.74) is 9.68. The molecule has 2 N–H and O–H groups in total. The summed E-state index contributed by atoms with van der Waals surface area (Å²) in [5, 5.41) is 8.84. The topological polar surface area (TPSA) is 65.8 Å². The molecule has 0 spiro atoms. The highest BCUT2D eigenvalue weighted by Gasteiger charge is 2.15. The van der Waals surface area contributed by atoms with Crippen molar-refractivity contribution in [2.45, 2.75) is 65.2 Å². The van der Waals surface area contributed by atoms with Crippen molar-refractivity contribution < 1.29 is 4.79 Å². The summed E-state index contributed by atoms with van der Waals surface area (Å²) in [4.78, 5) is 12.3. The lowest BCUT2D eigenvalue weighted by atomic mass is 9.89. The third-order valence-electron chi connectivity index (χ3n) is 5.30. The van der Waals surface area contributed by atoms with Gasteiger partial charge < -0.3 is 0 Å². The molecule has 5 heteroatoms. The van der Waals surface area contributed by atoms with E-state index in [2.05, 4.69) is 34.9 Å². The van der Waals surface area contributed by atoms with Crippen LogP contribution in [0.3, 0.4) is 0 Å². The van der Waals surface area contributed by atoms with E-state index in [1.165, 1.54) is 25.0 Å². The number of hydrazone groups is 2. The number of rotatable bonds is 4. The zero-order valence-corrected chi connectivity index (χ0v) is 15.9. The van der Waals surface area contributed by atoms with Crippen LogP contribution in [0.5, 0.6) is 0 Å². The van der Waals surface area contributed by atoms with E-state index in [0.29, 0.717) is 11.5 Å². The average molecular weight is 354 g/mol. The Morgan fingerprint density at radius 2 is 1.50 bits per heavy atom. The summed E-state index contributed by atoms with van der Waals surface area (Å²) in [5.74, 6) is 1.23. The van der Waals surface area contributed by atoms with E-state index in [0.717, 1.165) is 49.4 Å². The SMILES string of the molecule is C[C@@H]1CCC/C(=N/NC(=O)c2ccc(N/N=C3\CCC[C@@H](C)C3)cc2)C1. The fraction of sp³-hybridized carbons (Fsp3) is 0.571. The van der Waals surface area contributed by atoms with Crippen LogP contribution in [0.15, 0.2) is 34.5 Å². The standard InChI is InChI=1S/C21H30N4O/c1-15-5-3-7-19(13-15)23-22-18-11-9-17(10-12-18)21(26)25-24-20-8-4-6-16(2)14-20/h9-12,15-16,22H,3-8,13-14H2,1-2H3,(H,25,26)/b23-19+,24-20-/t15-,16-/m1/s1. The number of benzene rings is 1. The van der Waals surface area contributed by atoms with Gasteiger partial charge >= 0.3 is 0 Å². The largest absolute Gasteiger partial charge is 0.279 e. The molecular weight excluding hydrogens is 324 g/mol. The van der Waals surface area contributed by atoms with Crippen LogP contribution in [0.25, 0.3) is 0 Å². The molecule has 2 fully saturated rings. The molecular formula is C21H30N4O. The van der Waals surface area contributed by atoms with Gasteiger partial charge in [0.15, 0.2) is 0 Å². The van der Waals surface area contributed by atoms with E-state index in [1.54, 1.807) is 0 Å². The summed E-state index contributed by atoms with van der Waals surface area (Å²) >= 11 is 0. The molecule has 1 aromatic rings. The first-order valence-electron chi connectivity index (χ1n) is 9.87. The zero-order chi connectivity index (χ0) is 18.4. The van der Waals surface area contributed by atoms with Crippen molar-refractivity contribution in [3.63, 3.8) is 0 Å². The molecule has 1 amide bonds. The summed E-state index contributed by atoms with van der Waals surface area (Å²) in [6, 6.07) is 7.40. The van der Waals surface area contributed by atoms with Gasteiger partial charge in [0, 0.05) is 17.0 Å². The summed E-state index contributed by atoms with van der Waals surface area (Å²) in [6.07, 6.45) is 9.08.